The molecule has 17 heavy (non-hydrogen) atoms. The molecular weight excluding hydrogens is 224 g/mol. The van der Waals surface area contributed by atoms with Gasteiger partial charge in [-0.05, 0) is 19.9 Å². The van der Waals surface area contributed by atoms with Crippen LogP contribution in [-0.4, -0.2) is 50.3 Å². The van der Waals surface area contributed by atoms with Gasteiger partial charge in [0.05, 0.1) is 5.41 Å². The molecule has 6 nitrogen and oxygen atoms in total. The van der Waals surface area contributed by atoms with Crippen LogP contribution in [0.4, 0.5) is 0 Å². The number of carbonyl (C=O) groups excluding carboxylic acids is 1. The number of amides is 1. The average molecular weight is 244 g/mol. The molecule has 0 aromatic carbocycles. The van der Waals surface area contributed by atoms with Gasteiger partial charge in [-0.2, -0.15) is 0 Å². The Morgan fingerprint density at radius 2 is 2.00 bits per heavy atom. The van der Waals surface area contributed by atoms with Crippen LogP contribution in [0.5, 0.6) is 0 Å². The number of carboxylic acids is 1. The van der Waals surface area contributed by atoms with E-state index in [1.54, 1.807) is 7.05 Å². The molecule has 0 unspecified atom stereocenters. The van der Waals surface area contributed by atoms with Crippen LogP contribution in [0, 0.1) is 5.41 Å². The van der Waals surface area contributed by atoms with Crippen molar-refractivity contribution in [2.45, 2.75) is 19.3 Å². The third-order valence-electron chi connectivity index (χ3n) is 3.13. The van der Waals surface area contributed by atoms with Gasteiger partial charge in [-0.15, -0.1) is 0 Å². The number of carboxylic acid groups (broad SMARTS) is 1. The summed E-state index contributed by atoms with van der Waals surface area (Å²) in [5.74, 6) is -0.971. The molecule has 0 aromatic rings. The standard InChI is InChI=1S/C11H20N2O4/c1-12-5-2-9(14)13-8-11(10(15)16)3-6-17-7-4-11/h12H,2-8H2,1H3,(H,13,14)(H,15,16). The van der Waals surface area contributed by atoms with Crippen molar-refractivity contribution in [1.29, 1.82) is 0 Å². The van der Waals surface area contributed by atoms with Crippen LogP contribution in [0.2, 0.25) is 0 Å². The van der Waals surface area contributed by atoms with Crippen molar-refractivity contribution < 1.29 is 19.4 Å². The monoisotopic (exact) mass is 244 g/mol. The lowest BCUT2D eigenvalue weighted by Crippen LogP contribution is -2.46. The predicted molar refractivity (Wildman–Crippen MR) is 61.7 cm³/mol. The fourth-order valence-electron chi connectivity index (χ4n) is 1.82. The summed E-state index contributed by atoms with van der Waals surface area (Å²) in [6.07, 6.45) is 1.27. The van der Waals surface area contributed by atoms with Crippen LogP contribution < -0.4 is 10.6 Å². The lowest BCUT2D eigenvalue weighted by molar-refractivity contribution is -0.154. The van der Waals surface area contributed by atoms with E-state index in [-0.39, 0.29) is 12.5 Å². The minimum absolute atomic E-state index is 0.119. The predicted octanol–water partition coefficient (Wildman–Crippen LogP) is -0.406. The number of aliphatic carboxylic acids is 1. The topological polar surface area (TPSA) is 87.7 Å². The molecule has 3 N–H and O–H groups in total. The van der Waals surface area contributed by atoms with Crippen molar-refractivity contribution >= 4 is 11.9 Å². The smallest absolute Gasteiger partial charge is 0.311 e. The highest BCUT2D eigenvalue weighted by molar-refractivity contribution is 5.79. The normalized spacial score (nSPS) is 18.6. The first-order chi connectivity index (χ1) is 8.10. The molecule has 1 aliphatic heterocycles. The Hall–Kier alpha value is -1.14. The van der Waals surface area contributed by atoms with Crippen LogP contribution in [0.3, 0.4) is 0 Å². The summed E-state index contributed by atoms with van der Waals surface area (Å²) in [7, 11) is 1.77. The molecule has 1 heterocycles. The minimum Gasteiger partial charge on any atom is -0.481 e. The molecule has 0 aromatic heterocycles. The molecule has 1 aliphatic rings. The van der Waals surface area contributed by atoms with E-state index in [9.17, 15) is 14.7 Å². The van der Waals surface area contributed by atoms with Crippen LogP contribution in [0.1, 0.15) is 19.3 Å². The Kier molecular flexibility index (Phi) is 5.37. The second kappa shape index (κ2) is 6.56. The first kappa shape index (κ1) is 13.9. The van der Waals surface area contributed by atoms with Gasteiger partial charge in [0.2, 0.25) is 5.91 Å². The maximum atomic E-state index is 11.4. The highest BCUT2D eigenvalue weighted by Crippen LogP contribution is 2.29. The molecular formula is C11H20N2O4. The number of carbonyl (C=O) groups is 2. The maximum absolute atomic E-state index is 11.4. The van der Waals surface area contributed by atoms with Gasteiger partial charge in [-0.3, -0.25) is 9.59 Å². The Bertz CT molecular complexity index is 275. The van der Waals surface area contributed by atoms with Crippen molar-refractivity contribution in [3.63, 3.8) is 0 Å². The summed E-state index contributed by atoms with van der Waals surface area (Å²) < 4.78 is 5.16. The molecule has 0 atom stereocenters. The van der Waals surface area contributed by atoms with E-state index in [2.05, 4.69) is 10.6 Å². The number of hydrogen-bond acceptors (Lipinski definition) is 4. The molecule has 0 radical (unpaired) electrons. The largest absolute Gasteiger partial charge is 0.481 e. The molecule has 0 bridgehead atoms. The van der Waals surface area contributed by atoms with E-state index in [0.717, 1.165) is 0 Å². The van der Waals surface area contributed by atoms with Crippen molar-refractivity contribution in [2.75, 3.05) is 33.4 Å². The lowest BCUT2D eigenvalue weighted by Gasteiger charge is -2.33. The van der Waals surface area contributed by atoms with Crippen LogP contribution in [0.15, 0.2) is 0 Å². The van der Waals surface area contributed by atoms with Gasteiger partial charge in [0.25, 0.3) is 0 Å². The first-order valence-electron chi connectivity index (χ1n) is 5.83. The highest BCUT2D eigenvalue weighted by Gasteiger charge is 2.40. The Balaban J connectivity index is 2.44. The third kappa shape index (κ3) is 3.98. The number of nitrogens with one attached hydrogen (secondary N) is 2. The van der Waals surface area contributed by atoms with Gasteiger partial charge in [-0.1, -0.05) is 0 Å². The van der Waals surface area contributed by atoms with Crippen molar-refractivity contribution in [3.8, 4) is 0 Å². The van der Waals surface area contributed by atoms with Gasteiger partial charge in [-0.25, -0.2) is 0 Å². The quantitative estimate of drug-likeness (QED) is 0.591. The molecule has 1 amide bonds. The molecule has 0 aliphatic carbocycles. The number of hydrogen-bond donors (Lipinski definition) is 3. The first-order valence-corrected chi connectivity index (χ1v) is 5.83. The van der Waals surface area contributed by atoms with Crippen molar-refractivity contribution in [2.24, 2.45) is 5.41 Å². The highest BCUT2D eigenvalue weighted by atomic mass is 16.5. The Morgan fingerprint density at radius 1 is 1.35 bits per heavy atom. The summed E-state index contributed by atoms with van der Waals surface area (Å²) >= 11 is 0. The summed E-state index contributed by atoms with van der Waals surface area (Å²) in [6, 6.07) is 0. The van der Waals surface area contributed by atoms with E-state index in [1.807, 2.05) is 0 Å². The maximum Gasteiger partial charge on any atom is 0.311 e. The molecule has 1 rings (SSSR count). The zero-order chi connectivity index (χ0) is 12.7. The minimum atomic E-state index is -0.854. The summed E-state index contributed by atoms with van der Waals surface area (Å²) in [5.41, 5.74) is -0.854. The van der Waals surface area contributed by atoms with Crippen LogP contribution in [-0.2, 0) is 14.3 Å². The molecule has 98 valence electrons. The third-order valence-corrected chi connectivity index (χ3v) is 3.13. The van der Waals surface area contributed by atoms with E-state index in [0.29, 0.717) is 39.0 Å². The van der Waals surface area contributed by atoms with Gasteiger partial charge in [0.1, 0.15) is 0 Å². The van der Waals surface area contributed by atoms with Gasteiger partial charge < -0.3 is 20.5 Å². The second-order valence-electron chi connectivity index (χ2n) is 4.33. The molecule has 1 fully saturated rings. The lowest BCUT2D eigenvalue weighted by atomic mass is 9.80. The van der Waals surface area contributed by atoms with E-state index in [1.165, 1.54) is 0 Å². The zero-order valence-electron chi connectivity index (χ0n) is 10.1. The van der Waals surface area contributed by atoms with E-state index < -0.39 is 11.4 Å². The summed E-state index contributed by atoms with van der Waals surface area (Å²) in [5, 5.41) is 14.8. The van der Waals surface area contributed by atoms with Crippen LogP contribution in [0.25, 0.3) is 0 Å². The fraction of sp³-hybridized carbons (Fsp3) is 0.818. The average Bonchev–Trinajstić information content (AvgIpc) is 2.34. The molecule has 0 spiro atoms. The number of ether oxygens (including phenoxy) is 1. The number of rotatable bonds is 6. The van der Waals surface area contributed by atoms with Gasteiger partial charge >= 0.3 is 5.97 Å². The molecule has 1 saturated heterocycles. The molecule has 0 saturated carbocycles. The van der Waals surface area contributed by atoms with Gasteiger partial charge in [0, 0.05) is 32.7 Å². The van der Waals surface area contributed by atoms with Crippen molar-refractivity contribution in [1.82, 2.24) is 10.6 Å². The van der Waals surface area contributed by atoms with E-state index in [4.69, 9.17) is 4.74 Å². The Morgan fingerprint density at radius 3 is 2.53 bits per heavy atom. The Labute approximate surface area is 101 Å². The summed E-state index contributed by atoms with van der Waals surface area (Å²) in [4.78, 5) is 22.7. The zero-order valence-corrected chi connectivity index (χ0v) is 10.1. The van der Waals surface area contributed by atoms with Crippen molar-refractivity contribution in [3.05, 3.63) is 0 Å². The van der Waals surface area contributed by atoms with E-state index >= 15 is 0 Å². The van der Waals surface area contributed by atoms with Crippen LogP contribution >= 0.6 is 0 Å². The van der Waals surface area contributed by atoms with Gasteiger partial charge in [0.15, 0.2) is 0 Å². The SMILES string of the molecule is CNCCC(=O)NCC1(C(=O)O)CCOCC1. The molecule has 6 heteroatoms. The fourth-order valence-corrected chi connectivity index (χ4v) is 1.82. The summed E-state index contributed by atoms with van der Waals surface area (Å²) in [6.45, 7) is 1.67. The second-order valence-corrected chi connectivity index (χ2v) is 4.33.